The highest BCUT2D eigenvalue weighted by molar-refractivity contribution is 5.77. The molecule has 0 saturated carbocycles. The zero-order valence-electron chi connectivity index (χ0n) is 14.5. The molecular weight excluding hydrogens is 363 g/mol. The second-order valence-corrected chi connectivity index (χ2v) is 6.12. The van der Waals surface area contributed by atoms with Crippen LogP contribution in [0.1, 0.15) is 23.6 Å². The number of pyridine rings is 1. The van der Waals surface area contributed by atoms with Crippen LogP contribution in [-0.2, 0) is 15.7 Å². The average molecular weight is 381 g/mol. The van der Waals surface area contributed by atoms with Crippen molar-refractivity contribution in [3.05, 3.63) is 41.9 Å². The minimum absolute atomic E-state index is 0.00490. The number of amides is 1. The third-order valence-corrected chi connectivity index (χ3v) is 4.23. The molecule has 1 aliphatic heterocycles. The first-order valence-corrected chi connectivity index (χ1v) is 8.26. The molecule has 1 atom stereocenters. The molecule has 1 fully saturated rings. The highest BCUT2D eigenvalue weighted by Gasteiger charge is 2.31. The fraction of sp³-hybridized carbons (Fsp3) is 0.412. The number of halogens is 3. The van der Waals surface area contributed by atoms with Crippen molar-refractivity contribution in [1.82, 2.24) is 19.9 Å². The van der Waals surface area contributed by atoms with Crippen LogP contribution in [0.25, 0.3) is 0 Å². The average Bonchev–Trinajstić information content (AvgIpc) is 3.12. The normalized spacial score (nSPS) is 17.2. The van der Waals surface area contributed by atoms with E-state index in [9.17, 15) is 18.0 Å². The Balaban J connectivity index is 1.71. The van der Waals surface area contributed by atoms with E-state index in [0.717, 1.165) is 24.8 Å². The van der Waals surface area contributed by atoms with Gasteiger partial charge in [-0.2, -0.15) is 13.2 Å². The van der Waals surface area contributed by atoms with Gasteiger partial charge < -0.3 is 15.0 Å². The molecule has 3 heterocycles. The monoisotopic (exact) mass is 381 g/mol. The van der Waals surface area contributed by atoms with Crippen molar-refractivity contribution in [3.8, 4) is 0 Å². The Labute approximate surface area is 153 Å². The van der Waals surface area contributed by atoms with Crippen molar-refractivity contribution >= 4 is 17.7 Å². The van der Waals surface area contributed by atoms with Crippen LogP contribution in [0, 0.1) is 0 Å². The number of aromatic nitrogens is 3. The van der Waals surface area contributed by atoms with Gasteiger partial charge >= 0.3 is 6.18 Å². The van der Waals surface area contributed by atoms with Gasteiger partial charge in [-0.15, -0.1) is 0 Å². The summed E-state index contributed by atoms with van der Waals surface area (Å²) in [7, 11) is 1.47. The first-order chi connectivity index (χ1) is 12.9. The molecule has 1 saturated heterocycles. The molecule has 0 aliphatic carbocycles. The van der Waals surface area contributed by atoms with E-state index in [1.165, 1.54) is 13.3 Å². The number of hydrogen-bond acceptors (Lipinski definition) is 6. The van der Waals surface area contributed by atoms with Gasteiger partial charge in [0.1, 0.15) is 12.4 Å². The number of hydrogen-bond donors (Lipinski definition) is 1. The van der Waals surface area contributed by atoms with E-state index in [4.69, 9.17) is 4.74 Å². The molecule has 144 valence electrons. The molecule has 2 aromatic heterocycles. The summed E-state index contributed by atoms with van der Waals surface area (Å²) in [6.07, 6.45) is -1.11. The van der Waals surface area contributed by atoms with Crippen LogP contribution in [0.2, 0.25) is 0 Å². The Morgan fingerprint density at radius 2 is 2.11 bits per heavy atom. The summed E-state index contributed by atoms with van der Waals surface area (Å²) in [5.74, 6) is 0.107. The summed E-state index contributed by atoms with van der Waals surface area (Å²) in [5.41, 5.74) is -0.0913. The maximum Gasteiger partial charge on any atom is 0.416 e. The van der Waals surface area contributed by atoms with Gasteiger partial charge in [0, 0.05) is 38.5 Å². The zero-order valence-corrected chi connectivity index (χ0v) is 14.5. The molecule has 1 N–H and O–H groups in total. The van der Waals surface area contributed by atoms with E-state index in [2.05, 4.69) is 20.3 Å². The van der Waals surface area contributed by atoms with E-state index < -0.39 is 11.7 Å². The van der Waals surface area contributed by atoms with E-state index in [-0.39, 0.29) is 30.2 Å². The van der Waals surface area contributed by atoms with Crippen LogP contribution in [0.15, 0.2) is 30.6 Å². The van der Waals surface area contributed by atoms with Gasteiger partial charge in [-0.05, 0) is 24.6 Å². The van der Waals surface area contributed by atoms with Gasteiger partial charge in [0.2, 0.25) is 11.9 Å². The number of methoxy groups -OCH3 is 1. The van der Waals surface area contributed by atoms with E-state index >= 15 is 0 Å². The summed E-state index contributed by atoms with van der Waals surface area (Å²) in [5, 5.41) is 2.70. The smallest absolute Gasteiger partial charge is 0.375 e. The first kappa shape index (κ1) is 19.0. The lowest BCUT2D eigenvalue weighted by atomic mass is 10.1. The van der Waals surface area contributed by atoms with Crippen LogP contribution >= 0.6 is 0 Å². The number of likely N-dealkylation sites (tertiary alicyclic amines) is 1. The number of carbonyl (C=O) groups excluding carboxylic acids is 1. The predicted molar refractivity (Wildman–Crippen MR) is 90.4 cm³/mol. The summed E-state index contributed by atoms with van der Waals surface area (Å²) in [6.45, 7) is 1.15. The van der Waals surface area contributed by atoms with Gasteiger partial charge in [-0.1, -0.05) is 0 Å². The molecule has 0 aromatic carbocycles. The maximum absolute atomic E-state index is 12.8. The van der Waals surface area contributed by atoms with Crippen molar-refractivity contribution in [3.63, 3.8) is 0 Å². The second-order valence-electron chi connectivity index (χ2n) is 6.12. The fourth-order valence-electron chi connectivity index (χ4n) is 2.89. The zero-order chi connectivity index (χ0) is 19.4. The minimum Gasteiger partial charge on any atom is -0.375 e. The van der Waals surface area contributed by atoms with E-state index in [1.54, 1.807) is 11.0 Å². The third-order valence-electron chi connectivity index (χ3n) is 4.23. The van der Waals surface area contributed by atoms with Crippen molar-refractivity contribution in [1.29, 1.82) is 0 Å². The van der Waals surface area contributed by atoms with Crippen LogP contribution in [0.4, 0.5) is 24.9 Å². The van der Waals surface area contributed by atoms with Crippen LogP contribution < -0.4 is 5.32 Å². The van der Waals surface area contributed by atoms with E-state index in [1.807, 2.05) is 0 Å². The summed E-state index contributed by atoms with van der Waals surface area (Å²) < 4.78 is 43.3. The lowest BCUT2D eigenvalue weighted by Gasteiger charge is -2.16. The lowest BCUT2D eigenvalue weighted by Crippen LogP contribution is -2.31. The van der Waals surface area contributed by atoms with Crippen LogP contribution in [0.3, 0.4) is 0 Å². The molecule has 3 rings (SSSR count). The van der Waals surface area contributed by atoms with Crippen molar-refractivity contribution in [2.75, 3.05) is 32.1 Å². The molecule has 27 heavy (non-hydrogen) atoms. The molecule has 0 unspecified atom stereocenters. The van der Waals surface area contributed by atoms with Crippen molar-refractivity contribution in [2.45, 2.75) is 18.5 Å². The van der Waals surface area contributed by atoms with Gasteiger partial charge in [0.05, 0.1) is 11.3 Å². The second kappa shape index (κ2) is 7.87. The van der Waals surface area contributed by atoms with Gasteiger partial charge in [-0.25, -0.2) is 15.0 Å². The quantitative estimate of drug-likeness (QED) is 0.858. The topological polar surface area (TPSA) is 80.2 Å². The minimum atomic E-state index is -4.45. The Morgan fingerprint density at radius 1 is 1.33 bits per heavy atom. The Hall–Kier alpha value is -2.75. The molecular formula is C17H18F3N5O2. The Kier molecular flexibility index (Phi) is 5.54. The SMILES string of the molecule is COCC(=O)N1CC[C@@H](c2ccnc(Nc3cc(C(F)(F)F)ccn3)n2)C1. The maximum atomic E-state index is 12.8. The molecule has 0 radical (unpaired) electrons. The molecule has 0 spiro atoms. The largest absolute Gasteiger partial charge is 0.416 e. The number of ether oxygens (including phenoxy) is 1. The van der Waals surface area contributed by atoms with Gasteiger partial charge in [-0.3, -0.25) is 4.79 Å². The summed E-state index contributed by atoms with van der Waals surface area (Å²) in [4.78, 5) is 25.9. The summed E-state index contributed by atoms with van der Waals surface area (Å²) >= 11 is 0. The van der Waals surface area contributed by atoms with Gasteiger partial charge in [0.15, 0.2) is 0 Å². The number of nitrogens with zero attached hydrogens (tertiary/aromatic N) is 4. The fourth-order valence-corrected chi connectivity index (χ4v) is 2.89. The standard InChI is InChI=1S/C17H18F3N5O2/c1-27-10-15(26)25-7-4-11(9-25)13-3-6-22-16(23-13)24-14-8-12(2-5-21-14)17(18,19)20/h2-3,5-6,8,11H,4,7,9-10H2,1H3,(H,21,22,23,24)/t11-/m1/s1. The molecule has 1 aliphatic rings. The highest BCUT2D eigenvalue weighted by atomic mass is 19.4. The van der Waals surface area contributed by atoms with Gasteiger partial charge in [0.25, 0.3) is 0 Å². The molecule has 0 bridgehead atoms. The van der Waals surface area contributed by atoms with Crippen molar-refractivity contribution in [2.24, 2.45) is 0 Å². The number of alkyl halides is 3. The lowest BCUT2D eigenvalue weighted by molar-refractivity contribution is -0.137. The highest BCUT2D eigenvalue weighted by Crippen LogP contribution is 2.30. The number of nitrogens with one attached hydrogen (secondary N) is 1. The van der Waals surface area contributed by atoms with Crippen molar-refractivity contribution < 1.29 is 22.7 Å². The molecule has 7 nitrogen and oxygen atoms in total. The van der Waals surface area contributed by atoms with E-state index in [0.29, 0.717) is 18.8 Å². The summed E-state index contributed by atoms with van der Waals surface area (Å²) in [6, 6.07) is 3.53. The third kappa shape index (κ3) is 4.70. The van der Waals surface area contributed by atoms with Crippen LogP contribution in [-0.4, -0.2) is 52.6 Å². The molecule has 1 amide bonds. The Morgan fingerprint density at radius 3 is 2.85 bits per heavy atom. The molecule has 2 aromatic rings. The number of anilines is 2. The first-order valence-electron chi connectivity index (χ1n) is 8.26. The van der Waals surface area contributed by atoms with Crippen LogP contribution in [0.5, 0.6) is 0 Å². The molecule has 10 heteroatoms. The Bertz CT molecular complexity index is 815. The number of carbonyl (C=O) groups is 1. The number of rotatable bonds is 5. The predicted octanol–water partition coefficient (Wildman–Crippen LogP) is 2.60.